The molecule has 0 aliphatic rings. The Kier molecular flexibility index (Phi) is 7.39. The third-order valence-corrected chi connectivity index (χ3v) is 4.62. The van der Waals surface area contributed by atoms with Crippen molar-refractivity contribution in [1.82, 2.24) is 10.3 Å². The van der Waals surface area contributed by atoms with Crippen LogP contribution in [0.5, 0.6) is 11.5 Å². The molecule has 0 saturated carbocycles. The van der Waals surface area contributed by atoms with Crippen LogP contribution in [0.1, 0.15) is 10.4 Å². The Bertz CT molecular complexity index is 775. The highest BCUT2D eigenvalue weighted by Crippen LogP contribution is 2.31. The molecule has 0 radical (unpaired) electrons. The molecule has 2 aromatic rings. The van der Waals surface area contributed by atoms with Crippen molar-refractivity contribution in [2.45, 2.75) is 0 Å². The molecular weight excluding hydrogens is 480 g/mol. The number of benzene rings is 1. The van der Waals surface area contributed by atoms with Crippen molar-refractivity contribution >= 4 is 57.5 Å². The van der Waals surface area contributed by atoms with E-state index in [0.29, 0.717) is 46.0 Å². The molecule has 9 heteroatoms. The highest BCUT2D eigenvalue weighted by atomic mass is 127. The SMILES string of the molecule is COc1cc(I)c(C(=O)NCCNc2ncc(Cl)cc2Cl)cc1OC. The first-order valence-corrected chi connectivity index (χ1v) is 9.04. The Hall–Kier alpha value is -1.45. The predicted molar refractivity (Wildman–Crippen MR) is 107 cm³/mol. The van der Waals surface area contributed by atoms with Gasteiger partial charge in [0.1, 0.15) is 5.82 Å². The number of anilines is 1. The van der Waals surface area contributed by atoms with Gasteiger partial charge in [0.05, 0.1) is 29.8 Å². The number of hydrogen-bond donors (Lipinski definition) is 2. The van der Waals surface area contributed by atoms with Crippen LogP contribution in [0, 0.1) is 3.57 Å². The van der Waals surface area contributed by atoms with Crippen LogP contribution in [0.3, 0.4) is 0 Å². The Balaban J connectivity index is 1.94. The van der Waals surface area contributed by atoms with Gasteiger partial charge in [0.2, 0.25) is 0 Å². The van der Waals surface area contributed by atoms with Crippen molar-refractivity contribution in [3.05, 3.63) is 43.6 Å². The van der Waals surface area contributed by atoms with Gasteiger partial charge in [-0.15, -0.1) is 0 Å². The molecule has 1 amide bonds. The first-order valence-electron chi connectivity index (χ1n) is 7.21. The van der Waals surface area contributed by atoms with Crippen LogP contribution in [0.2, 0.25) is 10.0 Å². The van der Waals surface area contributed by atoms with E-state index in [-0.39, 0.29) is 5.91 Å². The lowest BCUT2D eigenvalue weighted by Gasteiger charge is -2.12. The van der Waals surface area contributed by atoms with Gasteiger partial charge in [-0.1, -0.05) is 23.2 Å². The maximum Gasteiger partial charge on any atom is 0.252 e. The van der Waals surface area contributed by atoms with Crippen LogP contribution in [0.15, 0.2) is 24.4 Å². The van der Waals surface area contributed by atoms with Gasteiger partial charge in [-0.25, -0.2) is 4.98 Å². The van der Waals surface area contributed by atoms with E-state index in [0.717, 1.165) is 3.57 Å². The average Bonchev–Trinajstić information content (AvgIpc) is 2.59. The van der Waals surface area contributed by atoms with E-state index in [2.05, 4.69) is 38.2 Å². The van der Waals surface area contributed by atoms with Crippen molar-refractivity contribution in [2.24, 2.45) is 0 Å². The van der Waals surface area contributed by atoms with Gasteiger partial charge in [0.25, 0.3) is 5.91 Å². The summed E-state index contributed by atoms with van der Waals surface area (Å²) in [5, 5.41) is 6.76. The molecule has 0 bridgehead atoms. The minimum Gasteiger partial charge on any atom is -0.493 e. The lowest BCUT2D eigenvalue weighted by atomic mass is 10.2. The molecule has 0 aliphatic heterocycles. The fourth-order valence-electron chi connectivity index (χ4n) is 2.02. The molecule has 0 spiro atoms. The van der Waals surface area contributed by atoms with Crippen LogP contribution in [0.25, 0.3) is 0 Å². The molecule has 0 fully saturated rings. The van der Waals surface area contributed by atoms with Crippen molar-refractivity contribution in [3.63, 3.8) is 0 Å². The molecule has 1 aromatic heterocycles. The zero-order valence-corrected chi connectivity index (χ0v) is 17.2. The number of pyridine rings is 1. The number of amides is 1. The highest BCUT2D eigenvalue weighted by Gasteiger charge is 2.15. The molecule has 2 rings (SSSR count). The number of halogens is 3. The minimum atomic E-state index is -0.206. The van der Waals surface area contributed by atoms with Gasteiger partial charge >= 0.3 is 0 Å². The third-order valence-electron chi connectivity index (χ3n) is 3.23. The lowest BCUT2D eigenvalue weighted by molar-refractivity contribution is 0.0954. The minimum absolute atomic E-state index is 0.206. The van der Waals surface area contributed by atoms with E-state index in [1.54, 1.807) is 25.3 Å². The van der Waals surface area contributed by atoms with E-state index in [4.69, 9.17) is 32.7 Å². The fourth-order valence-corrected chi connectivity index (χ4v) is 3.16. The quantitative estimate of drug-likeness (QED) is 0.451. The summed E-state index contributed by atoms with van der Waals surface area (Å²) in [7, 11) is 3.08. The maximum atomic E-state index is 12.4. The molecule has 134 valence electrons. The van der Waals surface area contributed by atoms with Crippen LogP contribution >= 0.6 is 45.8 Å². The molecule has 25 heavy (non-hydrogen) atoms. The Morgan fingerprint density at radius 3 is 2.48 bits per heavy atom. The zero-order chi connectivity index (χ0) is 18.4. The monoisotopic (exact) mass is 495 g/mol. The summed E-state index contributed by atoms with van der Waals surface area (Å²) in [6.45, 7) is 0.855. The number of rotatable bonds is 7. The number of nitrogens with one attached hydrogen (secondary N) is 2. The average molecular weight is 496 g/mol. The second-order valence-electron chi connectivity index (χ2n) is 4.85. The van der Waals surface area contributed by atoms with Crippen LogP contribution < -0.4 is 20.1 Å². The molecule has 0 aliphatic carbocycles. The Morgan fingerprint density at radius 2 is 1.84 bits per heavy atom. The van der Waals surface area contributed by atoms with Crippen LogP contribution in [-0.2, 0) is 0 Å². The third kappa shape index (κ3) is 5.26. The summed E-state index contributed by atoms with van der Waals surface area (Å²) in [4.78, 5) is 16.4. The summed E-state index contributed by atoms with van der Waals surface area (Å²) < 4.78 is 11.2. The number of carbonyl (C=O) groups excluding carboxylic acids is 1. The number of ether oxygens (including phenoxy) is 2. The molecule has 0 saturated heterocycles. The number of aromatic nitrogens is 1. The molecular formula is C16H16Cl2IN3O3. The molecule has 0 unspecified atom stereocenters. The van der Waals surface area contributed by atoms with Crippen LogP contribution in [-0.4, -0.2) is 38.2 Å². The first kappa shape index (κ1) is 19.9. The number of methoxy groups -OCH3 is 2. The molecule has 1 heterocycles. The summed E-state index contributed by atoms with van der Waals surface area (Å²) >= 11 is 13.9. The summed E-state index contributed by atoms with van der Waals surface area (Å²) in [6.07, 6.45) is 1.50. The zero-order valence-electron chi connectivity index (χ0n) is 13.5. The van der Waals surface area contributed by atoms with E-state index >= 15 is 0 Å². The number of hydrogen-bond acceptors (Lipinski definition) is 5. The second kappa shape index (κ2) is 9.30. The van der Waals surface area contributed by atoms with Crippen molar-refractivity contribution in [2.75, 3.05) is 32.6 Å². The van der Waals surface area contributed by atoms with Gasteiger partial charge in [0, 0.05) is 22.9 Å². The molecule has 1 aromatic carbocycles. The fraction of sp³-hybridized carbons (Fsp3) is 0.250. The first-order chi connectivity index (χ1) is 12.0. The second-order valence-corrected chi connectivity index (χ2v) is 6.86. The van der Waals surface area contributed by atoms with E-state index in [1.165, 1.54) is 13.3 Å². The van der Waals surface area contributed by atoms with E-state index in [1.807, 2.05) is 0 Å². The smallest absolute Gasteiger partial charge is 0.252 e. The summed E-state index contributed by atoms with van der Waals surface area (Å²) in [6, 6.07) is 5.01. The largest absolute Gasteiger partial charge is 0.493 e. The number of carbonyl (C=O) groups is 1. The van der Waals surface area contributed by atoms with Gasteiger partial charge < -0.3 is 20.1 Å². The normalized spacial score (nSPS) is 10.3. The highest BCUT2D eigenvalue weighted by molar-refractivity contribution is 14.1. The maximum absolute atomic E-state index is 12.4. The standard InChI is InChI=1S/C16H16Cl2IN3O3/c1-24-13-6-10(12(19)7-14(13)25-2)16(23)21-4-3-20-15-11(18)5-9(17)8-22-15/h5-8H,3-4H2,1-2H3,(H,20,22)(H,21,23). The molecule has 6 nitrogen and oxygen atoms in total. The summed E-state index contributed by atoms with van der Waals surface area (Å²) in [5.41, 5.74) is 0.515. The topological polar surface area (TPSA) is 72.5 Å². The Morgan fingerprint density at radius 1 is 1.16 bits per heavy atom. The predicted octanol–water partition coefficient (Wildman–Crippen LogP) is 3.85. The van der Waals surface area contributed by atoms with Gasteiger partial charge in [-0.2, -0.15) is 0 Å². The van der Waals surface area contributed by atoms with Gasteiger partial charge in [-0.3, -0.25) is 4.79 Å². The summed E-state index contributed by atoms with van der Waals surface area (Å²) in [5.74, 6) is 1.39. The van der Waals surface area contributed by atoms with E-state index in [9.17, 15) is 4.79 Å². The molecule has 0 atom stereocenters. The van der Waals surface area contributed by atoms with Crippen molar-refractivity contribution in [1.29, 1.82) is 0 Å². The van der Waals surface area contributed by atoms with Crippen molar-refractivity contribution in [3.8, 4) is 11.5 Å². The van der Waals surface area contributed by atoms with Gasteiger partial charge in [0.15, 0.2) is 11.5 Å². The van der Waals surface area contributed by atoms with Crippen molar-refractivity contribution < 1.29 is 14.3 Å². The Labute approximate surface area is 169 Å². The molecule has 2 N–H and O–H groups in total. The van der Waals surface area contributed by atoms with Crippen LogP contribution in [0.4, 0.5) is 5.82 Å². The van der Waals surface area contributed by atoms with Gasteiger partial charge in [-0.05, 0) is 40.8 Å². The van der Waals surface area contributed by atoms with E-state index < -0.39 is 0 Å². The number of nitrogens with zero attached hydrogens (tertiary/aromatic N) is 1. The lowest BCUT2D eigenvalue weighted by Crippen LogP contribution is -2.29.